The molecule has 0 aliphatic heterocycles. The van der Waals surface area contributed by atoms with Gasteiger partial charge in [0.25, 0.3) is 0 Å². The Kier molecular flexibility index (Phi) is 4.48. The second kappa shape index (κ2) is 5.59. The molecule has 0 amide bonds. The maximum atomic E-state index is 12.5. The fourth-order valence-corrected chi connectivity index (χ4v) is 5.05. The van der Waals surface area contributed by atoms with Crippen molar-refractivity contribution in [2.75, 3.05) is 0 Å². The van der Waals surface area contributed by atoms with Gasteiger partial charge in [0.05, 0.1) is 10.0 Å². The van der Waals surface area contributed by atoms with Crippen molar-refractivity contribution < 1.29 is 18.3 Å². The van der Waals surface area contributed by atoms with Gasteiger partial charge in [0.15, 0.2) is 0 Å². The summed E-state index contributed by atoms with van der Waals surface area (Å²) in [4.78, 5) is 11.0. The number of aliphatic carboxylic acids is 1. The molecule has 21 heavy (non-hydrogen) atoms. The number of rotatable bonds is 5. The molecule has 1 atom stereocenters. The summed E-state index contributed by atoms with van der Waals surface area (Å²) in [6, 6.07) is 2.47. The van der Waals surface area contributed by atoms with E-state index in [-0.39, 0.29) is 25.9 Å². The molecule has 1 fully saturated rings. The minimum atomic E-state index is -4.20. The van der Waals surface area contributed by atoms with Gasteiger partial charge < -0.3 is 5.11 Å². The van der Waals surface area contributed by atoms with E-state index in [1.54, 1.807) is 0 Å². The van der Waals surface area contributed by atoms with Crippen LogP contribution in [0.15, 0.2) is 17.0 Å². The van der Waals surface area contributed by atoms with Crippen molar-refractivity contribution in [2.45, 2.75) is 30.2 Å². The summed E-state index contributed by atoms with van der Waals surface area (Å²) in [6.45, 7) is 1.34. The van der Waals surface area contributed by atoms with Gasteiger partial charge in [-0.2, -0.15) is 4.72 Å². The van der Waals surface area contributed by atoms with Crippen LogP contribution in [0, 0.1) is 5.92 Å². The molecule has 0 spiro atoms. The minimum absolute atomic E-state index is 0.163. The number of carbonyl (C=O) groups is 1. The van der Waals surface area contributed by atoms with Crippen LogP contribution in [0.2, 0.25) is 15.1 Å². The van der Waals surface area contributed by atoms with E-state index in [1.807, 2.05) is 0 Å². The Morgan fingerprint density at radius 1 is 1.29 bits per heavy atom. The quantitative estimate of drug-likeness (QED) is 0.831. The fraction of sp³-hybridized carbons (Fsp3) is 0.417. The topological polar surface area (TPSA) is 83.5 Å². The molecule has 0 saturated heterocycles. The van der Waals surface area contributed by atoms with E-state index in [0.717, 1.165) is 0 Å². The van der Waals surface area contributed by atoms with Crippen LogP contribution in [-0.2, 0) is 14.8 Å². The number of carboxylic acids is 1. The number of hydrogen-bond donors (Lipinski definition) is 2. The standard InChI is InChI=1S/C12H12Cl3NO4S/c1-12(11(17)18,6-2-3-6)16-21(19,20)10-8(14)4-7(13)5-9(10)15/h4-6,16H,2-3H2,1H3,(H,17,18). The Morgan fingerprint density at radius 2 is 1.76 bits per heavy atom. The summed E-state index contributed by atoms with van der Waals surface area (Å²) >= 11 is 17.5. The smallest absolute Gasteiger partial charge is 0.324 e. The Bertz CT molecular complexity index is 679. The third-order valence-electron chi connectivity index (χ3n) is 3.42. The van der Waals surface area contributed by atoms with Crippen molar-refractivity contribution in [3.05, 3.63) is 27.2 Å². The molecule has 0 bridgehead atoms. The number of nitrogens with one attached hydrogen (secondary N) is 1. The summed E-state index contributed by atoms with van der Waals surface area (Å²) in [6.07, 6.45) is 1.29. The SMILES string of the molecule is CC(NS(=O)(=O)c1c(Cl)cc(Cl)cc1Cl)(C(=O)O)C1CC1. The van der Waals surface area contributed by atoms with Gasteiger partial charge in [0.1, 0.15) is 10.4 Å². The van der Waals surface area contributed by atoms with Crippen LogP contribution in [0.4, 0.5) is 0 Å². The van der Waals surface area contributed by atoms with Crippen LogP contribution < -0.4 is 4.72 Å². The van der Waals surface area contributed by atoms with Gasteiger partial charge in [-0.1, -0.05) is 34.8 Å². The van der Waals surface area contributed by atoms with E-state index in [9.17, 15) is 18.3 Å². The maximum absolute atomic E-state index is 12.5. The maximum Gasteiger partial charge on any atom is 0.324 e. The first-order chi connectivity index (χ1) is 9.58. The largest absolute Gasteiger partial charge is 0.480 e. The van der Waals surface area contributed by atoms with Gasteiger partial charge >= 0.3 is 5.97 Å². The van der Waals surface area contributed by atoms with E-state index >= 15 is 0 Å². The lowest BCUT2D eigenvalue weighted by atomic mass is 9.98. The van der Waals surface area contributed by atoms with Gasteiger partial charge in [0, 0.05) is 5.02 Å². The third kappa shape index (κ3) is 3.29. The van der Waals surface area contributed by atoms with Crippen LogP contribution in [0.1, 0.15) is 19.8 Å². The van der Waals surface area contributed by atoms with Crippen LogP contribution in [-0.4, -0.2) is 25.0 Å². The molecule has 9 heteroatoms. The van der Waals surface area contributed by atoms with Crippen molar-refractivity contribution in [2.24, 2.45) is 5.92 Å². The van der Waals surface area contributed by atoms with Crippen LogP contribution >= 0.6 is 34.8 Å². The Morgan fingerprint density at radius 3 is 2.14 bits per heavy atom. The molecule has 0 aromatic heterocycles. The Hall–Kier alpha value is -0.530. The molecule has 116 valence electrons. The first kappa shape index (κ1) is 16.8. The molecular formula is C12H12Cl3NO4S. The van der Waals surface area contributed by atoms with Crippen molar-refractivity contribution in [3.63, 3.8) is 0 Å². The van der Waals surface area contributed by atoms with Crippen LogP contribution in [0.5, 0.6) is 0 Å². The molecule has 1 aliphatic carbocycles. The molecule has 5 nitrogen and oxygen atoms in total. The number of sulfonamides is 1. The number of benzene rings is 1. The summed E-state index contributed by atoms with van der Waals surface area (Å²) in [7, 11) is -4.20. The minimum Gasteiger partial charge on any atom is -0.480 e. The van der Waals surface area contributed by atoms with Crippen molar-refractivity contribution in [3.8, 4) is 0 Å². The number of hydrogen-bond acceptors (Lipinski definition) is 3. The molecule has 2 N–H and O–H groups in total. The first-order valence-corrected chi connectivity index (χ1v) is 8.61. The van der Waals surface area contributed by atoms with Gasteiger partial charge in [-0.05, 0) is 37.8 Å². The second-order valence-corrected chi connectivity index (χ2v) is 7.96. The average Bonchev–Trinajstić information content (AvgIpc) is 3.08. The van der Waals surface area contributed by atoms with Crippen molar-refractivity contribution in [1.29, 1.82) is 0 Å². The van der Waals surface area contributed by atoms with Crippen LogP contribution in [0.3, 0.4) is 0 Å². The van der Waals surface area contributed by atoms with E-state index in [1.165, 1.54) is 19.1 Å². The van der Waals surface area contributed by atoms with E-state index < -0.39 is 21.5 Å². The van der Waals surface area contributed by atoms with Crippen molar-refractivity contribution in [1.82, 2.24) is 4.72 Å². The number of carboxylic acid groups (broad SMARTS) is 1. The van der Waals surface area contributed by atoms with Crippen molar-refractivity contribution >= 4 is 50.8 Å². The Balaban J connectivity index is 2.46. The van der Waals surface area contributed by atoms with Gasteiger partial charge in [-0.15, -0.1) is 0 Å². The molecule has 1 aromatic rings. The highest BCUT2D eigenvalue weighted by molar-refractivity contribution is 7.89. The van der Waals surface area contributed by atoms with Crippen LogP contribution in [0.25, 0.3) is 0 Å². The third-order valence-corrected chi connectivity index (χ3v) is 6.12. The zero-order chi connectivity index (χ0) is 16.0. The zero-order valence-corrected chi connectivity index (χ0v) is 13.9. The van der Waals surface area contributed by atoms with Gasteiger partial charge in [-0.25, -0.2) is 8.42 Å². The first-order valence-electron chi connectivity index (χ1n) is 6.00. The molecule has 0 radical (unpaired) electrons. The lowest BCUT2D eigenvalue weighted by molar-refractivity contribution is -0.144. The zero-order valence-electron chi connectivity index (χ0n) is 10.9. The molecule has 2 rings (SSSR count). The molecule has 1 aromatic carbocycles. The van der Waals surface area contributed by atoms with E-state index in [2.05, 4.69) is 4.72 Å². The molecular weight excluding hydrogens is 361 g/mol. The average molecular weight is 373 g/mol. The summed E-state index contributed by atoms with van der Waals surface area (Å²) in [5.74, 6) is -1.50. The molecule has 0 heterocycles. The predicted octanol–water partition coefficient (Wildman–Crippen LogP) is 3.18. The lowest BCUT2D eigenvalue weighted by Gasteiger charge is -2.26. The normalized spacial score (nSPS) is 18.3. The summed E-state index contributed by atoms with van der Waals surface area (Å²) < 4.78 is 27.1. The van der Waals surface area contributed by atoms with E-state index in [0.29, 0.717) is 12.8 Å². The molecule has 1 aliphatic rings. The lowest BCUT2D eigenvalue weighted by Crippen LogP contribution is -2.53. The highest BCUT2D eigenvalue weighted by Gasteiger charge is 2.50. The highest BCUT2D eigenvalue weighted by atomic mass is 35.5. The Labute approximate surface area is 137 Å². The number of halogens is 3. The monoisotopic (exact) mass is 371 g/mol. The predicted molar refractivity (Wildman–Crippen MR) is 80.6 cm³/mol. The van der Waals surface area contributed by atoms with Gasteiger partial charge in [0.2, 0.25) is 10.0 Å². The fourth-order valence-electron chi connectivity index (χ4n) is 2.08. The summed E-state index contributed by atoms with van der Waals surface area (Å²) in [5.41, 5.74) is -1.59. The van der Waals surface area contributed by atoms with Gasteiger partial charge in [-0.3, -0.25) is 4.79 Å². The molecule has 1 unspecified atom stereocenters. The van der Waals surface area contributed by atoms with E-state index in [4.69, 9.17) is 34.8 Å². The second-order valence-electron chi connectivity index (χ2n) is 5.09. The summed E-state index contributed by atoms with van der Waals surface area (Å²) in [5, 5.41) is 9.18. The molecule has 1 saturated carbocycles. The highest BCUT2D eigenvalue weighted by Crippen LogP contribution is 2.41.